The summed E-state index contributed by atoms with van der Waals surface area (Å²) >= 11 is 0. The predicted molar refractivity (Wildman–Crippen MR) is 117 cm³/mol. The van der Waals surface area contributed by atoms with E-state index in [4.69, 9.17) is 9.47 Å². The van der Waals surface area contributed by atoms with Gasteiger partial charge in [0.05, 0.1) is 11.8 Å². The number of fused-ring (bicyclic) bond motifs is 4. The van der Waals surface area contributed by atoms with Gasteiger partial charge in [0, 0.05) is 5.92 Å². The number of hydrogen-bond acceptors (Lipinski definition) is 4. The molecule has 4 bridgehead atoms. The molecule has 4 rings (SSSR count). The lowest BCUT2D eigenvalue weighted by molar-refractivity contribution is -0.175. The molecule has 0 aromatic carbocycles. The highest BCUT2D eigenvalue weighted by Gasteiger charge is 2.56. The van der Waals surface area contributed by atoms with E-state index >= 15 is 0 Å². The number of ether oxygens (including phenoxy) is 2. The average molecular weight is 419 g/mol. The van der Waals surface area contributed by atoms with Crippen LogP contribution in [-0.2, 0) is 19.1 Å². The molecule has 7 atom stereocenters. The zero-order chi connectivity index (χ0) is 21.7. The van der Waals surface area contributed by atoms with Crippen molar-refractivity contribution in [3.05, 3.63) is 0 Å². The van der Waals surface area contributed by atoms with Crippen LogP contribution in [0.1, 0.15) is 98.8 Å². The van der Waals surface area contributed by atoms with Crippen molar-refractivity contribution in [1.29, 1.82) is 0 Å². The van der Waals surface area contributed by atoms with E-state index in [-0.39, 0.29) is 35.0 Å². The first-order chi connectivity index (χ1) is 14.1. The quantitative estimate of drug-likeness (QED) is 0.482. The molecule has 4 aliphatic carbocycles. The van der Waals surface area contributed by atoms with Gasteiger partial charge in [-0.05, 0) is 82.0 Å². The second-order valence-electron chi connectivity index (χ2n) is 11.8. The summed E-state index contributed by atoms with van der Waals surface area (Å²) in [7, 11) is 0. The zero-order valence-corrected chi connectivity index (χ0v) is 19.7. The molecule has 4 aliphatic rings. The molecule has 0 radical (unpaired) electrons. The van der Waals surface area contributed by atoms with Crippen molar-refractivity contribution in [3.63, 3.8) is 0 Å². The van der Waals surface area contributed by atoms with E-state index in [1.807, 2.05) is 20.8 Å². The Kier molecular flexibility index (Phi) is 6.00. The lowest BCUT2D eigenvalue weighted by atomic mass is 9.74. The smallest absolute Gasteiger partial charge is 0.309 e. The molecule has 0 aromatic rings. The van der Waals surface area contributed by atoms with E-state index in [1.54, 1.807) is 0 Å². The van der Waals surface area contributed by atoms with Gasteiger partial charge in [-0.15, -0.1) is 0 Å². The van der Waals surface area contributed by atoms with Crippen LogP contribution in [0.5, 0.6) is 0 Å². The maximum Gasteiger partial charge on any atom is 0.309 e. The Morgan fingerprint density at radius 3 is 2.13 bits per heavy atom. The van der Waals surface area contributed by atoms with Crippen LogP contribution in [0.2, 0.25) is 0 Å². The molecule has 0 heterocycles. The molecule has 4 nitrogen and oxygen atoms in total. The fourth-order valence-corrected chi connectivity index (χ4v) is 7.60. The molecule has 4 heteroatoms. The van der Waals surface area contributed by atoms with Gasteiger partial charge in [0.15, 0.2) is 0 Å². The SMILES string of the molecule is CCC1(OC(=O)C(C)CC2CC3CC2C(C)(OC(=O)C(C)C)C3)CC2CCC(C2)C1. The van der Waals surface area contributed by atoms with Crippen molar-refractivity contribution in [2.75, 3.05) is 0 Å². The minimum Gasteiger partial charge on any atom is -0.459 e. The summed E-state index contributed by atoms with van der Waals surface area (Å²) in [5.74, 6) is 2.72. The number of carbonyl (C=O) groups is 2. The molecule has 170 valence electrons. The summed E-state index contributed by atoms with van der Waals surface area (Å²) in [6.45, 7) is 10.2. The van der Waals surface area contributed by atoms with Crippen molar-refractivity contribution in [2.24, 2.45) is 41.4 Å². The first-order valence-corrected chi connectivity index (χ1v) is 12.6. The van der Waals surface area contributed by atoms with Gasteiger partial charge in [-0.1, -0.05) is 40.5 Å². The molecular formula is C26H42O4. The molecule has 0 amide bonds. The average Bonchev–Trinajstić information content (AvgIpc) is 3.33. The highest BCUT2D eigenvalue weighted by Crippen LogP contribution is 2.57. The Labute approximate surface area is 182 Å². The maximum atomic E-state index is 13.1. The van der Waals surface area contributed by atoms with Gasteiger partial charge in [0.2, 0.25) is 0 Å². The van der Waals surface area contributed by atoms with Crippen LogP contribution in [0.25, 0.3) is 0 Å². The van der Waals surface area contributed by atoms with Crippen LogP contribution in [0.15, 0.2) is 0 Å². The minimum absolute atomic E-state index is 0.00167. The van der Waals surface area contributed by atoms with Crippen LogP contribution < -0.4 is 0 Å². The van der Waals surface area contributed by atoms with Gasteiger partial charge >= 0.3 is 11.9 Å². The van der Waals surface area contributed by atoms with E-state index in [2.05, 4.69) is 13.8 Å². The van der Waals surface area contributed by atoms with Crippen molar-refractivity contribution in [3.8, 4) is 0 Å². The fourth-order valence-electron chi connectivity index (χ4n) is 7.60. The number of hydrogen-bond donors (Lipinski definition) is 0. The second-order valence-corrected chi connectivity index (χ2v) is 11.8. The molecule has 30 heavy (non-hydrogen) atoms. The van der Waals surface area contributed by atoms with Gasteiger partial charge in [0.25, 0.3) is 0 Å². The molecule has 4 saturated carbocycles. The van der Waals surface area contributed by atoms with Crippen molar-refractivity contribution < 1.29 is 19.1 Å². The van der Waals surface area contributed by atoms with Gasteiger partial charge in [-0.25, -0.2) is 0 Å². The van der Waals surface area contributed by atoms with Gasteiger partial charge in [-0.3, -0.25) is 9.59 Å². The van der Waals surface area contributed by atoms with E-state index in [0.717, 1.165) is 50.4 Å². The van der Waals surface area contributed by atoms with E-state index in [0.29, 0.717) is 17.8 Å². The molecule has 0 saturated heterocycles. The van der Waals surface area contributed by atoms with Crippen molar-refractivity contribution in [2.45, 2.75) is 110 Å². The topological polar surface area (TPSA) is 52.6 Å². The summed E-state index contributed by atoms with van der Waals surface area (Å²) in [6, 6.07) is 0. The summed E-state index contributed by atoms with van der Waals surface area (Å²) in [5.41, 5.74) is -0.572. The molecule has 4 fully saturated rings. The number of rotatable bonds is 7. The lowest BCUT2D eigenvalue weighted by Crippen LogP contribution is -2.44. The van der Waals surface area contributed by atoms with Gasteiger partial charge in [-0.2, -0.15) is 0 Å². The maximum absolute atomic E-state index is 13.1. The van der Waals surface area contributed by atoms with Crippen molar-refractivity contribution in [1.82, 2.24) is 0 Å². The molecule has 0 N–H and O–H groups in total. The third kappa shape index (κ3) is 4.17. The summed E-state index contributed by atoms with van der Waals surface area (Å²) < 4.78 is 12.3. The van der Waals surface area contributed by atoms with E-state index in [1.165, 1.54) is 25.7 Å². The van der Waals surface area contributed by atoms with E-state index in [9.17, 15) is 9.59 Å². The Morgan fingerprint density at radius 1 is 0.900 bits per heavy atom. The molecule has 0 aromatic heterocycles. The zero-order valence-electron chi connectivity index (χ0n) is 19.7. The van der Waals surface area contributed by atoms with Gasteiger partial charge < -0.3 is 9.47 Å². The summed E-state index contributed by atoms with van der Waals surface area (Å²) in [6.07, 6.45) is 11.2. The van der Waals surface area contributed by atoms with Crippen LogP contribution in [0.4, 0.5) is 0 Å². The Hall–Kier alpha value is -1.06. The highest BCUT2D eigenvalue weighted by atomic mass is 16.6. The third-order valence-electron chi connectivity index (χ3n) is 9.07. The minimum atomic E-state index is -0.355. The van der Waals surface area contributed by atoms with E-state index < -0.39 is 0 Å². The van der Waals surface area contributed by atoms with Crippen LogP contribution in [-0.4, -0.2) is 23.1 Å². The Bertz CT molecular complexity index is 658. The largest absolute Gasteiger partial charge is 0.459 e. The number of esters is 2. The van der Waals surface area contributed by atoms with Crippen LogP contribution >= 0.6 is 0 Å². The third-order valence-corrected chi connectivity index (χ3v) is 9.07. The first-order valence-electron chi connectivity index (χ1n) is 12.6. The van der Waals surface area contributed by atoms with Gasteiger partial charge in [0.1, 0.15) is 11.2 Å². The first kappa shape index (κ1) is 22.1. The predicted octanol–water partition coefficient (Wildman–Crippen LogP) is 5.92. The molecule has 0 aliphatic heterocycles. The highest BCUT2D eigenvalue weighted by molar-refractivity contribution is 5.73. The van der Waals surface area contributed by atoms with Crippen LogP contribution in [0, 0.1) is 41.4 Å². The fraction of sp³-hybridized carbons (Fsp3) is 0.923. The van der Waals surface area contributed by atoms with Crippen molar-refractivity contribution >= 4 is 11.9 Å². The monoisotopic (exact) mass is 418 g/mol. The second kappa shape index (κ2) is 8.13. The molecule has 0 spiro atoms. The number of carbonyl (C=O) groups excluding carboxylic acids is 2. The lowest BCUT2D eigenvalue weighted by Gasteiger charge is -2.41. The normalized spacial score (nSPS) is 43.1. The molecule has 7 unspecified atom stereocenters. The Morgan fingerprint density at radius 2 is 1.57 bits per heavy atom. The Balaban J connectivity index is 1.36. The summed E-state index contributed by atoms with van der Waals surface area (Å²) in [4.78, 5) is 25.4. The molecular weight excluding hydrogens is 376 g/mol. The van der Waals surface area contributed by atoms with Crippen LogP contribution in [0.3, 0.4) is 0 Å². The standard InChI is InChI=1S/C26H42O4/c1-6-26(14-18-7-8-19(10-18)15-26)30-24(28)17(4)9-21-11-20-12-22(21)25(5,13-20)29-23(27)16(2)3/h16-22H,6-15H2,1-5H3. The summed E-state index contributed by atoms with van der Waals surface area (Å²) in [5, 5.41) is 0.